The number of nitrogens with zero attached hydrogens (tertiary/aromatic N) is 1. The second kappa shape index (κ2) is 5.22. The number of hydrogen-bond donors (Lipinski definition) is 2. The lowest BCUT2D eigenvalue weighted by Crippen LogP contribution is -2.21. The Hall–Kier alpha value is -1.75. The summed E-state index contributed by atoms with van der Waals surface area (Å²) in [5, 5.41) is 10.2. The van der Waals surface area contributed by atoms with Crippen molar-refractivity contribution in [3.8, 4) is 0 Å². The van der Waals surface area contributed by atoms with Crippen molar-refractivity contribution in [1.82, 2.24) is 10.2 Å². The van der Waals surface area contributed by atoms with E-state index in [1.165, 1.54) is 16.7 Å². The van der Waals surface area contributed by atoms with Gasteiger partial charge in [0.05, 0.1) is 10.5 Å². The number of H-pyrrole nitrogens is 1. The van der Waals surface area contributed by atoms with Crippen LogP contribution in [0.1, 0.15) is 40.1 Å². The molecule has 110 valence electrons. The molecule has 1 aromatic carbocycles. The van der Waals surface area contributed by atoms with E-state index in [-0.39, 0.29) is 16.4 Å². The molecule has 21 heavy (non-hydrogen) atoms. The number of nitrogens with one attached hydrogen (secondary N) is 2. The molecular formula is C16H19N3OS. The molecule has 1 aliphatic heterocycles. The molecule has 2 atom stereocenters. The monoisotopic (exact) mass is 301 g/mol. The zero-order chi connectivity index (χ0) is 15.1. The molecule has 1 aromatic heterocycles. The zero-order valence-corrected chi connectivity index (χ0v) is 13.5. The first-order chi connectivity index (χ1) is 9.97. The van der Waals surface area contributed by atoms with E-state index in [9.17, 15) is 4.79 Å². The molecule has 1 amide bonds. The highest BCUT2D eigenvalue weighted by Crippen LogP contribution is 2.45. The van der Waals surface area contributed by atoms with Crippen LogP contribution >= 0.6 is 11.8 Å². The minimum Gasteiger partial charge on any atom is -0.308 e. The highest BCUT2D eigenvalue weighted by molar-refractivity contribution is 8.01. The van der Waals surface area contributed by atoms with Crippen LogP contribution in [0.4, 0.5) is 5.82 Å². The molecule has 2 heterocycles. The number of benzene rings is 1. The maximum Gasteiger partial charge on any atom is 0.238 e. The number of rotatable bonds is 1. The van der Waals surface area contributed by atoms with E-state index in [1.807, 2.05) is 13.8 Å². The first kappa shape index (κ1) is 14.2. The molecule has 5 heteroatoms. The maximum atomic E-state index is 12.1. The lowest BCUT2D eigenvalue weighted by atomic mass is 9.98. The summed E-state index contributed by atoms with van der Waals surface area (Å²) in [7, 11) is 0. The first-order valence-electron chi connectivity index (χ1n) is 7.05. The van der Waals surface area contributed by atoms with Crippen LogP contribution in [0.25, 0.3) is 0 Å². The smallest absolute Gasteiger partial charge is 0.238 e. The Labute approximate surface area is 128 Å². The van der Waals surface area contributed by atoms with Crippen LogP contribution in [0.15, 0.2) is 18.2 Å². The van der Waals surface area contributed by atoms with Crippen molar-refractivity contribution < 1.29 is 4.79 Å². The van der Waals surface area contributed by atoms with E-state index in [4.69, 9.17) is 0 Å². The van der Waals surface area contributed by atoms with E-state index in [1.54, 1.807) is 11.8 Å². The van der Waals surface area contributed by atoms with Gasteiger partial charge in [-0.05, 0) is 38.8 Å². The van der Waals surface area contributed by atoms with Crippen LogP contribution in [0.3, 0.4) is 0 Å². The molecule has 1 aliphatic rings. The molecule has 0 radical (unpaired) electrons. The molecule has 0 fully saturated rings. The Morgan fingerprint density at radius 1 is 1.24 bits per heavy atom. The number of thioether (sulfide) groups is 1. The highest BCUT2D eigenvalue weighted by atomic mass is 32.2. The van der Waals surface area contributed by atoms with Gasteiger partial charge in [0, 0.05) is 11.3 Å². The molecule has 2 aromatic rings. The van der Waals surface area contributed by atoms with Gasteiger partial charge in [0.15, 0.2) is 5.82 Å². The fourth-order valence-electron chi connectivity index (χ4n) is 2.75. The van der Waals surface area contributed by atoms with Crippen molar-refractivity contribution in [3.63, 3.8) is 0 Å². The Kier molecular flexibility index (Phi) is 3.53. The average molecular weight is 301 g/mol. The molecule has 0 bridgehead atoms. The number of anilines is 1. The molecule has 0 aliphatic carbocycles. The zero-order valence-electron chi connectivity index (χ0n) is 12.7. The highest BCUT2D eigenvalue weighted by Gasteiger charge is 2.32. The Morgan fingerprint density at radius 2 is 2.00 bits per heavy atom. The topological polar surface area (TPSA) is 57.8 Å². The summed E-state index contributed by atoms with van der Waals surface area (Å²) in [6, 6.07) is 6.49. The van der Waals surface area contributed by atoms with E-state index < -0.39 is 0 Å². The van der Waals surface area contributed by atoms with Crippen LogP contribution in [0.2, 0.25) is 0 Å². The number of amides is 1. The van der Waals surface area contributed by atoms with E-state index >= 15 is 0 Å². The summed E-state index contributed by atoms with van der Waals surface area (Å²) >= 11 is 1.68. The van der Waals surface area contributed by atoms with Crippen molar-refractivity contribution in [2.45, 2.75) is 38.2 Å². The van der Waals surface area contributed by atoms with Gasteiger partial charge in [-0.1, -0.05) is 23.8 Å². The molecule has 0 saturated carbocycles. The number of hydrogen-bond acceptors (Lipinski definition) is 3. The van der Waals surface area contributed by atoms with Crippen molar-refractivity contribution in [2.24, 2.45) is 0 Å². The Balaban J connectivity index is 2.15. The van der Waals surface area contributed by atoms with Crippen molar-refractivity contribution in [1.29, 1.82) is 0 Å². The molecule has 3 rings (SSSR count). The molecular weight excluding hydrogens is 282 g/mol. The predicted octanol–water partition coefficient (Wildman–Crippen LogP) is 3.50. The van der Waals surface area contributed by atoms with E-state index in [0.29, 0.717) is 5.82 Å². The SMILES string of the molecule is Cc1ccc([C@H]2S[C@@H](C)C(=O)Nc3n[nH]c(C)c32)c(C)c1. The average Bonchev–Trinajstić information content (AvgIpc) is 2.71. The lowest BCUT2D eigenvalue weighted by molar-refractivity contribution is -0.115. The third kappa shape index (κ3) is 2.46. The third-order valence-corrected chi connectivity index (χ3v) is 5.30. The molecule has 0 saturated heterocycles. The van der Waals surface area contributed by atoms with Gasteiger partial charge < -0.3 is 5.32 Å². The van der Waals surface area contributed by atoms with Crippen LogP contribution < -0.4 is 5.32 Å². The molecule has 0 spiro atoms. The van der Waals surface area contributed by atoms with Gasteiger partial charge in [-0.3, -0.25) is 9.89 Å². The lowest BCUT2D eigenvalue weighted by Gasteiger charge is -2.20. The van der Waals surface area contributed by atoms with Crippen LogP contribution in [0, 0.1) is 20.8 Å². The van der Waals surface area contributed by atoms with Gasteiger partial charge >= 0.3 is 0 Å². The quantitative estimate of drug-likeness (QED) is 0.847. The van der Waals surface area contributed by atoms with Crippen LogP contribution in [-0.4, -0.2) is 21.4 Å². The van der Waals surface area contributed by atoms with Crippen molar-refractivity contribution >= 4 is 23.5 Å². The van der Waals surface area contributed by atoms with Gasteiger partial charge in [-0.2, -0.15) is 5.10 Å². The molecule has 4 nitrogen and oxygen atoms in total. The Bertz CT molecular complexity index is 708. The fraction of sp³-hybridized carbons (Fsp3) is 0.375. The van der Waals surface area contributed by atoms with E-state index in [0.717, 1.165) is 11.3 Å². The number of carbonyl (C=O) groups is 1. The molecule has 0 unspecified atom stereocenters. The number of aryl methyl sites for hydroxylation is 3. The number of carbonyl (C=O) groups excluding carboxylic acids is 1. The van der Waals surface area contributed by atoms with Crippen LogP contribution in [-0.2, 0) is 4.79 Å². The Morgan fingerprint density at radius 3 is 2.71 bits per heavy atom. The van der Waals surface area contributed by atoms with Gasteiger partial charge in [0.1, 0.15) is 0 Å². The number of aromatic amines is 1. The van der Waals surface area contributed by atoms with Crippen molar-refractivity contribution in [3.05, 3.63) is 46.1 Å². The second-order valence-electron chi connectivity index (χ2n) is 5.62. The van der Waals surface area contributed by atoms with Gasteiger partial charge in [0.25, 0.3) is 0 Å². The minimum absolute atomic E-state index is 0.0139. The summed E-state index contributed by atoms with van der Waals surface area (Å²) in [6.45, 7) is 8.18. The summed E-state index contributed by atoms with van der Waals surface area (Å²) in [4.78, 5) is 12.1. The predicted molar refractivity (Wildman–Crippen MR) is 86.8 cm³/mol. The normalized spacial score (nSPS) is 21.6. The minimum atomic E-state index is -0.107. The summed E-state index contributed by atoms with van der Waals surface area (Å²) < 4.78 is 0. The number of aromatic nitrogens is 2. The second-order valence-corrected chi connectivity index (χ2v) is 7.07. The molecule has 2 N–H and O–H groups in total. The number of fused-ring (bicyclic) bond motifs is 1. The van der Waals surface area contributed by atoms with Gasteiger partial charge in [-0.15, -0.1) is 11.8 Å². The third-order valence-electron chi connectivity index (χ3n) is 3.92. The van der Waals surface area contributed by atoms with E-state index in [2.05, 4.69) is 47.6 Å². The standard InChI is InChI=1S/C16H19N3OS/c1-8-5-6-12(9(2)7-8)14-13-10(3)18-19-15(13)17-16(20)11(4)21-14/h5-7,11,14H,1-4H3,(H2,17,18,19,20)/t11-,14+/m0/s1. The maximum absolute atomic E-state index is 12.1. The van der Waals surface area contributed by atoms with Gasteiger partial charge in [0.2, 0.25) is 5.91 Å². The summed E-state index contributed by atoms with van der Waals surface area (Å²) in [6.07, 6.45) is 0. The summed E-state index contributed by atoms with van der Waals surface area (Å²) in [5.74, 6) is 0.680. The van der Waals surface area contributed by atoms with Crippen LogP contribution in [0.5, 0.6) is 0 Å². The first-order valence-corrected chi connectivity index (χ1v) is 8.00. The van der Waals surface area contributed by atoms with Gasteiger partial charge in [-0.25, -0.2) is 0 Å². The summed E-state index contributed by atoms with van der Waals surface area (Å²) in [5.41, 5.74) is 5.85. The fourth-order valence-corrected chi connectivity index (χ4v) is 4.18. The van der Waals surface area contributed by atoms with Crippen molar-refractivity contribution in [2.75, 3.05) is 5.32 Å². The largest absolute Gasteiger partial charge is 0.308 e.